The molecule has 2 N–H and O–H groups in total. The lowest BCUT2D eigenvalue weighted by Crippen LogP contribution is -2.67. The number of nitrogens with one attached hydrogen (secondary N) is 2. The Morgan fingerprint density at radius 3 is 2.05 bits per heavy atom. The van der Waals surface area contributed by atoms with Gasteiger partial charge in [-0.05, 0) is 38.7 Å². The minimum absolute atomic E-state index is 0.0408. The van der Waals surface area contributed by atoms with Crippen LogP contribution in [0.5, 0.6) is 11.5 Å². The Morgan fingerprint density at radius 2 is 1.48 bits per heavy atom. The molecule has 2 aromatic rings. The van der Waals surface area contributed by atoms with E-state index in [0.29, 0.717) is 28.3 Å². The number of carbonyl (C=O) groups is 3. The number of methoxy groups -OCH3 is 2. The van der Waals surface area contributed by atoms with E-state index in [1.807, 2.05) is 22.5 Å². The summed E-state index contributed by atoms with van der Waals surface area (Å²) in [6.45, 7) is 3.65. The Morgan fingerprint density at radius 1 is 0.900 bits per heavy atom. The van der Waals surface area contributed by atoms with E-state index in [2.05, 4.69) is 10.6 Å². The molecule has 218 valence electrons. The number of rotatable bonds is 6. The topological polar surface area (TPSA) is 102 Å². The molecule has 1 aromatic heterocycles. The lowest BCUT2D eigenvalue weighted by atomic mass is 9.89. The van der Waals surface area contributed by atoms with Gasteiger partial charge in [0.2, 0.25) is 11.8 Å². The zero-order valence-corrected chi connectivity index (χ0v) is 24.4. The van der Waals surface area contributed by atoms with Gasteiger partial charge in [0, 0.05) is 30.5 Å². The molecule has 2 saturated carbocycles. The van der Waals surface area contributed by atoms with Gasteiger partial charge in [-0.1, -0.05) is 51.4 Å². The van der Waals surface area contributed by atoms with Crippen molar-refractivity contribution >= 4 is 34.3 Å². The molecule has 0 saturated heterocycles. The Kier molecular flexibility index (Phi) is 8.29. The third-order valence-corrected chi connectivity index (χ3v) is 9.16. The van der Waals surface area contributed by atoms with Crippen molar-refractivity contribution < 1.29 is 23.9 Å². The molecular weight excluding hydrogens is 508 g/mol. The largest absolute Gasteiger partial charge is 0.493 e. The van der Waals surface area contributed by atoms with E-state index in [4.69, 9.17) is 9.47 Å². The highest BCUT2D eigenvalue weighted by Crippen LogP contribution is 2.44. The van der Waals surface area contributed by atoms with Crippen LogP contribution in [0.1, 0.15) is 101 Å². The first-order valence-electron chi connectivity index (χ1n) is 15.0. The molecule has 9 heteroatoms. The van der Waals surface area contributed by atoms with Gasteiger partial charge in [-0.25, -0.2) is 0 Å². The molecule has 2 fully saturated rings. The van der Waals surface area contributed by atoms with Gasteiger partial charge in [-0.15, -0.1) is 0 Å². The minimum Gasteiger partial charge on any atom is -0.493 e. The van der Waals surface area contributed by atoms with Crippen LogP contribution in [0.3, 0.4) is 0 Å². The number of benzene rings is 1. The van der Waals surface area contributed by atoms with Gasteiger partial charge in [0.15, 0.2) is 11.5 Å². The highest BCUT2D eigenvalue weighted by atomic mass is 16.5. The average molecular weight is 553 g/mol. The molecule has 5 rings (SSSR count). The van der Waals surface area contributed by atoms with Crippen molar-refractivity contribution in [2.75, 3.05) is 19.5 Å². The summed E-state index contributed by atoms with van der Waals surface area (Å²) in [5.74, 6) is 0.457. The maximum Gasteiger partial charge on any atom is 0.273 e. The molecule has 2 heterocycles. The maximum absolute atomic E-state index is 14.7. The van der Waals surface area contributed by atoms with Crippen LogP contribution in [0.4, 0.5) is 5.69 Å². The lowest BCUT2D eigenvalue weighted by Gasteiger charge is -2.48. The summed E-state index contributed by atoms with van der Waals surface area (Å²) < 4.78 is 13.1. The molecule has 9 nitrogen and oxygen atoms in total. The number of hydrogen-bond acceptors (Lipinski definition) is 5. The number of fused-ring (bicyclic) bond motifs is 3. The van der Waals surface area contributed by atoms with E-state index in [-0.39, 0.29) is 36.3 Å². The number of amides is 3. The molecule has 1 aromatic carbocycles. The number of carbonyl (C=O) groups excluding carboxylic acids is 3. The third kappa shape index (κ3) is 5.15. The Hall–Kier alpha value is -3.23. The van der Waals surface area contributed by atoms with Crippen LogP contribution >= 0.6 is 0 Å². The van der Waals surface area contributed by atoms with Crippen molar-refractivity contribution in [3.63, 3.8) is 0 Å². The number of aromatic nitrogens is 1. The molecule has 1 aliphatic heterocycles. The fourth-order valence-electron chi connectivity index (χ4n) is 7.12. The van der Waals surface area contributed by atoms with Crippen LogP contribution in [0.25, 0.3) is 10.9 Å². The zero-order chi connectivity index (χ0) is 28.4. The van der Waals surface area contributed by atoms with E-state index < -0.39 is 5.54 Å². The fourth-order valence-corrected chi connectivity index (χ4v) is 7.12. The van der Waals surface area contributed by atoms with Crippen molar-refractivity contribution in [1.29, 1.82) is 0 Å². The Labute approximate surface area is 236 Å². The number of anilines is 1. The smallest absolute Gasteiger partial charge is 0.273 e. The molecular formula is C31H44N4O5. The number of nitrogens with zero attached hydrogens (tertiary/aromatic N) is 2. The average Bonchev–Trinajstić information content (AvgIpc) is 3.20. The maximum atomic E-state index is 14.7. The first kappa shape index (κ1) is 28.3. The fraction of sp³-hybridized carbons (Fsp3) is 0.645. The van der Waals surface area contributed by atoms with E-state index in [9.17, 15) is 14.4 Å². The summed E-state index contributed by atoms with van der Waals surface area (Å²) in [5, 5.41) is 6.99. The normalized spacial score (nSPS) is 22.8. The molecule has 3 amide bonds. The highest BCUT2D eigenvalue weighted by molar-refractivity contribution is 6.15. The first-order chi connectivity index (χ1) is 19.3. The van der Waals surface area contributed by atoms with Gasteiger partial charge < -0.3 is 29.6 Å². The van der Waals surface area contributed by atoms with E-state index >= 15 is 0 Å². The molecule has 2 aliphatic carbocycles. The van der Waals surface area contributed by atoms with Crippen LogP contribution in [-0.2, 0) is 16.1 Å². The van der Waals surface area contributed by atoms with E-state index in [1.54, 1.807) is 20.3 Å². The molecule has 3 aliphatic rings. The summed E-state index contributed by atoms with van der Waals surface area (Å²) >= 11 is 0. The van der Waals surface area contributed by atoms with Gasteiger partial charge >= 0.3 is 0 Å². The van der Waals surface area contributed by atoms with E-state index in [0.717, 1.165) is 69.7 Å². The van der Waals surface area contributed by atoms with Gasteiger partial charge in [0.05, 0.1) is 32.0 Å². The zero-order valence-electron chi connectivity index (χ0n) is 24.4. The van der Waals surface area contributed by atoms with Crippen LogP contribution in [-0.4, -0.2) is 59.0 Å². The first-order valence-corrected chi connectivity index (χ1v) is 15.0. The summed E-state index contributed by atoms with van der Waals surface area (Å²) in [6, 6.07) is 3.72. The quantitative estimate of drug-likeness (QED) is 0.468. The van der Waals surface area contributed by atoms with Crippen molar-refractivity contribution in [1.82, 2.24) is 14.8 Å². The van der Waals surface area contributed by atoms with Crippen LogP contribution in [0.2, 0.25) is 0 Å². The van der Waals surface area contributed by atoms with Gasteiger partial charge in [0.25, 0.3) is 5.91 Å². The molecule has 0 bridgehead atoms. The summed E-state index contributed by atoms with van der Waals surface area (Å²) in [6.07, 6.45) is 12.7. The Bertz CT molecular complexity index is 1270. The monoisotopic (exact) mass is 552 g/mol. The molecule has 0 spiro atoms. The molecule has 0 unspecified atom stereocenters. The lowest BCUT2D eigenvalue weighted by molar-refractivity contribution is -0.135. The van der Waals surface area contributed by atoms with Gasteiger partial charge in [0.1, 0.15) is 11.2 Å². The molecule has 0 radical (unpaired) electrons. The Balaban J connectivity index is 1.67. The predicted molar refractivity (Wildman–Crippen MR) is 155 cm³/mol. The molecule has 1 atom stereocenters. The standard InChI is InChI=1S/C31H44N4O5/c1-20(36)32-27-23-17-25(39-3)26(40-4)18-24(23)34-19-31(2,30(38)33-21-13-9-5-6-10-14-21)35(29(37)28(27)34)22-15-11-7-8-12-16-22/h17-18,21-22H,5-16,19H2,1-4H3,(H,32,36)(H,33,38)/t31-/m0/s1. The highest BCUT2D eigenvalue weighted by Gasteiger charge is 2.51. The second-order valence-electron chi connectivity index (χ2n) is 12.0. The second-order valence-corrected chi connectivity index (χ2v) is 12.0. The number of ether oxygens (including phenoxy) is 2. The van der Waals surface area contributed by atoms with Crippen LogP contribution in [0.15, 0.2) is 12.1 Å². The van der Waals surface area contributed by atoms with Crippen molar-refractivity contribution in [2.45, 2.75) is 115 Å². The van der Waals surface area contributed by atoms with Gasteiger partial charge in [-0.3, -0.25) is 14.4 Å². The minimum atomic E-state index is -1.09. The predicted octanol–water partition coefficient (Wildman–Crippen LogP) is 5.39. The van der Waals surface area contributed by atoms with E-state index in [1.165, 1.54) is 19.8 Å². The van der Waals surface area contributed by atoms with Crippen molar-refractivity contribution in [3.8, 4) is 11.5 Å². The SMILES string of the molecule is COc1cc2c(NC(C)=O)c3n(c2cc1OC)C[C@@](C)(C(=O)NC1CCCCCC1)N(C1CCCCCC1)C3=O. The second kappa shape index (κ2) is 11.7. The molecule has 40 heavy (non-hydrogen) atoms. The van der Waals surface area contributed by atoms with Crippen LogP contribution in [0, 0.1) is 0 Å². The van der Waals surface area contributed by atoms with Crippen LogP contribution < -0.4 is 20.1 Å². The van der Waals surface area contributed by atoms with Crippen molar-refractivity contribution in [3.05, 3.63) is 17.8 Å². The third-order valence-electron chi connectivity index (χ3n) is 9.16. The summed E-state index contributed by atoms with van der Waals surface area (Å²) in [5.41, 5.74) is 0.499. The summed E-state index contributed by atoms with van der Waals surface area (Å²) in [7, 11) is 3.13. The van der Waals surface area contributed by atoms with Gasteiger partial charge in [-0.2, -0.15) is 0 Å². The summed E-state index contributed by atoms with van der Waals surface area (Å²) in [4.78, 5) is 43.2. The van der Waals surface area contributed by atoms with Crippen molar-refractivity contribution in [2.24, 2.45) is 0 Å². The number of hydrogen-bond donors (Lipinski definition) is 2.